The summed E-state index contributed by atoms with van der Waals surface area (Å²) in [7, 11) is 0. The Balaban J connectivity index is 1.85. The molecule has 0 N–H and O–H groups in total. The average Bonchev–Trinajstić information content (AvgIpc) is 2.29. The summed E-state index contributed by atoms with van der Waals surface area (Å²) in [4.78, 5) is 4.40. The van der Waals surface area contributed by atoms with Gasteiger partial charge in [-0.1, -0.05) is 18.2 Å². The van der Waals surface area contributed by atoms with Crippen LogP contribution in [-0.2, 0) is 0 Å². The summed E-state index contributed by atoms with van der Waals surface area (Å²) in [6, 6.07) is 9.87. The van der Waals surface area contributed by atoms with Crippen molar-refractivity contribution in [1.29, 1.82) is 0 Å². The molecule has 1 aromatic carbocycles. The van der Waals surface area contributed by atoms with Gasteiger partial charge in [-0.25, -0.2) is 0 Å². The molecule has 2 nitrogen and oxygen atoms in total. The molecule has 74 valence electrons. The van der Waals surface area contributed by atoms with E-state index >= 15 is 0 Å². The van der Waals surface area contributed by atoms with Gasteiger partial charge in [0, 0.05) is 12.3 Å². The molecule has 1 aromatic rings. The van der Waals surface area contributed by atoms with Gasteiger partial charge in [-0.2, -0.15) is 0 Å². The normalized spacial score (nSPS) is 16.1. The van der Waals surface area contributed by atoms with Crippen LogP contribution < -0.4 is 4.74 Å². The molecule has 3 heteroatoms. The Morgan fingerprint density at radius 3 is 2.86 bits per heavy atom. The fourth-order valence-electron chi connectivity index (χ4n) is 1.25. The van der Waals surface area contributed by atoms with E-state index in [0.717, 1.165) is 17.3 Å². The number of ether oxygens (including phenoxy) is 1. The lowest BCUT2D eigenvalue weighted by Crippen LogP contribution is -2.12. The van der Waals surface area contributed by atoms with Gasteiger partial charge in [-0.3, -0.25) is 4.99 Å². The summed E-state index contributed by atoms with van der Waals surface area (Å²) in [6.45, 7) is 1.58. The molecule has 1 aliphatic heterocycles. The maximum Gasteiger partial charge on any atom is 0.136 e. The van der Waals surface area contributed by atoms with E-state index in [9.17, 15) is 0 Å². The molecule has 14 heavy (non-hydrogen) atoms. The van der Waals surface area contributed by atoms with Gasteiger partial charge in [-0.15, -0.1) is 11.8 Å². The average molecular weight is 207 g/mol. The monoisotopic (exact) mass is 207 g/mol. The molecular weight excluding hydrogens is 194 g/mol. The second-order valence-electron chi connectivity index (χ2n) is 3.08. The van der Waals surface area contributed by atoms with Crippen LogP contribution in [0.5, 0.6) is 5.75 Å². The van der Waals surface area contributed by atoms with Crippen molar-refractivity contribution >= 4 is 16.8 Å². The van der Waals surface area contributed by atoms with Gasteiger partial charge in [-0.05, 0) is 18.6 Å². The minimum atomic E-state index is 0.620. The van der Waals surface area contributed by atoms with E-state index in [1.165, 1.54) is 12.2 Å². The largest absolute Gasteiger partial charge is 0.487 e. The quantitative estimate of drug-likeness (QED) is 0.760. The highest BCUT2D eigenvalue weighted by atomic mass is 32.2. The Bertz CT molecular complexity index is 310. The van der Waals surface area contributed by atoms with Gasteiger partial charge in [0.25, 0.3) is 0 Å². The number of aliphatic imine (C=N–C) groups is 1. The molecule has 0 unspecified atom stereocenters. The molecule has 1 aliphatic rings. The SMILES string of the molecule is c1ccc(OCC2=NCCCS2)cc1. The first kappa shape index (κ1) is 9.59. The van der Waals surface area contributed by atoms with Crippen molar-refractivity contribution in [1.82, 2.24) is 0 Å². The van der Waals surface area contributed by atoms with Crippen molar-refractivity contribution in [3.05, 3.63) is 30.3 Å². The van der Waals surface area contributed by atoms with E-state index in [0.29, 0.717) is 6.61 Å². The standard InChI is InChI=1S/C11H13NOS/c1-2-5-10(6-3-1)13-9-11-12-7-4-8-14-11/h1-3,5-6H,4,7-9H2. The third-order valence-electron chi connectivity index (χ3n) is 1.96. The zero-order valence-corrected chi connectivity index (χ0v) is 8.80. The third-order valence-corrected chi connectivity index (χ3v) is 3.04. The first-order chi connectivity index (χ1) is 6.95. The van der Waals surface area contributed by atoms with Gasteiger partial charge < -0.3 is 4.74 Å². The van der Waals surface area contributed by atoms with Gasteiger partial charge >= 0.3 is 0 Å². The van der Waals surface area contributed by atoms with Crippen LogP contribution in [0, 0.1) is 0 Å². The van der Waals surface area contributed by atoms with Crippen molar-refractivity contribution in [2.45, 2.75) is 6.42 Å². The maximum absolute atomic E-state index is 5.59. The van der Waals surface area contributed by atoms with E-state index in [1.807, 2.05) is 42.1 Å². The second kappa shape index (κ2) is 5.05. The highest BCUT2D eigenvalue weighted by Gasteiger charge is 2.05. The van der Waals surface area contributed by atoms with Crippen LogP contribution in [0.1, 0.15) is 6.42 Å². The highest BCUT2D eigenvalue weighted by Crippen LogP contribution is 2.14. The van der Waals surface area contributed by atoms with Crippen LogP contribution in [0.3, 0.4) is 0 Å². The molecule has 0 spiro atoms. The highest BCUT2D eigenvalue weighted by molar-refractivity contribution is 8.14. The molecule has 0 aliphatic carbocycles. The van der Waals surface area contributed by atoms with Crippen molar-refractivity contribution in [2.24, 2.45) is 4.99 Å². The molecule has 0 fully saturated rings. The van der Waals surface area contributed by atoms with Crippen LogP contribution in [0.2, 0.25) is 0 Å². The first-order valence-corrected chi connectivity index (χ1v) is 5.78. The van der Waals surface area contributed by atoms with Crippen molar-refractivity contribution < 1.29 is 4.74 Å². The van der Waals surface area contributed by atoms with E-state index < -0.39 is 0 Å². The Kier molecular flexibility index (Phi) is 3.46. The van der Waals surface area contributed by atoms with Crippen molar-refractivity contribution in [2.75, 3.05) is 18.9 Å². The Morgan fingerprint density at radius 1 is 1.29 bits per heavy atom. The lowest BCUT2D eigenvalue weighted by molar-refractivity contribution is 0.378. The number of rotatable bonds is 3. The second-order valence-corrected chi connectivity index (χ2v) is 4.25. The van der Waals surface area contributed by atoms with Crippen LogP contribution in [0.25, 0.3) is 0 Å². The summed E-state index contributed by atoms with van der Waals surface area (Å²) in [6.07, 6.45) is 1.19. The predicted octanol–water partition coefficient (Wildman–Crippen LogP) is 2.60. The number of nitrogens with zero attached hydrogens (tertiary/aromatic N) is 1. The van der Waals surface area contributed by atoms with Gasteiger partial charge in [0.1, 0.15) is 17.4 Å². The van der Waals surface area contributed by atoms with Crippen LogP contribution in [-0.4, -0.2) is 23.9 Å². The molecule has 1 heterocycles. The molecule has 0 saturated carbocycles. The van der Waals surface area contributed by atoms with Crippen LogP contribution in [0.4, 0.5) is 0 Å². The number of thioether (sulfide) groups is 1. The fraction of sp³-hybridized carbons (Fsp3) is 0.364. The van der Waals surface area contributed by atoms with E-state index in [4.69, 9.17) is 4.74 Å². The van der Waals surface area contributed by atoms with Crippen molar-refractivity contribution in [3.63, 3.8) is 0 Å². The lowest BCUT2D eigenvalue weighted by Gasteiger charge is -2.11. The topological polar surface area (TPSA) is 21.6 Å². The summed E-state index contributed by atoms with van der Waals surface area (Å²) in [5.74, 6) is 2.10. The molecule has 0 radical (unpaired) electrons. The molecule has 2 rings (SSSR count). The van der Waals surface area contributed by atoms with Gasteiger partial charge in [0.05, 0.1) is 0 Å². The smallest absolute Gasteiger partial charge is 0.136 e. The minimum absolute atomic E-state index is 0.620. The molecule has 0 saturated heterocycles. The minimum Gasteiger partial charge on any atom is -0.487 e. The first-order valence-electron chi connectivity index (χ1n) is 4.79. The number of benzene rings is 1. The summed E-state index contributed by atoms with van der Waals surface area (Å²) in [5.41, 5.74) is 0. The van der Waals surface area contributed by atoms with Crippen molar-refractivity contribution in [3.8, 4) is 5.75 Å². The summed E-state index contributed by atoms with van der Waals surface area (Å²) in [5, 5.41) is 1.13. The van der Waals surface area contributed by atoms with Gasteiger partial charge in [0.2, 0.25) is 0 Å². The van der Waals surface area contributed by atoms with E-state index in [-0.39, 0.29) is 0 Å². The maximum atomic E-state index is 5.59. The number of hydrogen-bond acceptors (Lipinski definition) is 3. The zero-order valence-electron chi connectivity index (χ0n) is 7.98. The van der Waals surface area contributed by atoms with Gasteiger partial charge in [0.15, 0.2) is 0 Å². The Morgan fingerprint density at radius 2 is 2.14 bits per heavy atom. The predicted molar refractivity (Wildman–Crippen MR) is 61.3 cm³/mol. The van der Waals surface area contributed by atoms with Crippen LogP contribution in [0.15, 0.2) is 35.3 Å². The molecule has 0 aromatic heterocycles. The van der Waals surface area contributed by atoms with Crippen LogP contribution >= 0.6 is 11.8 Å². The molecular formula is C11H13NOS. The molecule has 0 bridgehead atoms. The number of hydrogen-bond donors (Lipinski definition) is 0. The van der Waals surface area contributed by atoms with E-state index in [2.05, 4.69) is 4.99 Å². The van der Waals surface area contributed by atoms with E-state index in [1.54, 1.807) is 0 Å². The molecule has 0 atom stereocenters. The third kappa shape index (κ3) is 2.77. The lowest BCUT2D eigenvalue weighted by atomic mass is 10.3. The zero-order chi connectivity index (χ0) is 9.64. The number of para-hydroxylation sites is 1. The summed E-state index contributed by atoms with van der Waals surface area (Å²) >= 11 is 1.81. The summed E-state index contributed by atoms with van der Waals surface area (Å²) < 4.78 is 5.59. The fourth-order valence-corrected chi connectivity index (χ4v) is 2.09. The Hall–Kier alpha value is -0.960. The Labute approximate surface area is 88.4 Å². The molecule has 0 amide bonds.